The Hall–Kier alpha value is -2.73. The lowest BCUT2D eigenvalue weighted by atomic mass is 9.42. The van der Waals surface area contributed by atoms with Crippen LogP contribution < -0.4 is 5.32 Å². The van der Waals surface area contributed by atoms with Crippen LogP contribution in [0.25, 0.3) is 0 Å². The molecule has 0 amide bonds. The molecule has 3 aliphatic carbocycles. The topological polar surface area (TPSA) is 287 Å². The van der Waals surface area contributed by atoms with Gasteiger partial charge in [0.25, 0.3) is 0 Å². The Bertz CT molecular complexity index is 1890. The van der Waals surface area contributed by atoms with Crippen molar-refractivity contribution in [3.8, 4) is 0 Å². The summed E-state index contributed by atoms with van der Waals surface area (Å²) in [5.74, 6) is -3.97. The highest BCUT2D eigenvalue weighted by Crippen LogP contribution is 2.66. The van der Waals surface area contributed by atoms with E-state index in [1.54, 1.807) is 109 Å². The van der Waals surface area contributed by atoms with E-state index in [0.29, 0.717) is 11.1 Å². The number of rotatable bonds is 18. The van der Waals surface area contributed by atoms with Gasteiger partial charge >= 0.3 is 5.97 Å². The molecule has 0 aromatic heterocycles. The summed E-state index contributed by atoms with van der Waals surface area (Å²) in [6.45, 7) is 12.8. The molecule has 2 aromatic rings. The smallest absolute Gasteiger partial charge is 0.303 e. The number of carbonyl (C=O) groups excluding carboxylic acids is 1. The van der Waals surface area contributed by atoms with Gasteiger partial charge in [0, 0.05) is 48.0 Å². The zero-order valence-electron chi connectivity index (χ0n) is 39.1. The molecule has 6 rings (SSSR count). The molecular weight excluding hydrogens is 863 g/mol. The van der Waals surface area contributed by atoms with Gasteiger partial charge in [0.1, 0.15) is 12.2 Å². The van der Waals surface area contributed by atoms with E-state index in [0.717, 1.165) is 0 Å². The van der Waals surface area contributed by atoms with Crippen LogP contribution in [0, 0.1) is 28.6 Å². The van der Waals surface area contributed by atoms with Gasteiger partial charge < -0.3 is 79.5 Å². The Morgan fingerprint density at radius 3 is 2.05 bits per heavy atom. The first kappa shape index (κ1) is 52.6. The average molecular weight is 936 g/mol. The molecular formula is C48H73NO17. The maximum Gasteiger partial charge on any atom is 0.303 e. The van der Waals surface area contributed by atoms with Crippen LogP contribution in [0.2, 0.25) is 0 Å². The van der Waals surface area contributed by atoms with Crippen LogP contribution in [0.5, 0.6) is 0 Å². The van der Waals surface area contributed by atoms with E-state index in [1.807, 2.05) is 0 Å². The number of fused-ring (bicyclic) bond motifs is 5. The lowest BCUT2D eigenvalue weighted by Crippen LogP contribution is -2.83. The zero-order valence-corrected chi connectivity index (χ0v) is 39.1. The summed E-state index contributed by atoms with van der Waals surface area (Å²) < 4.78 is 37.3. The van der Waals surface area contributed by atoms with Crippen molar-refractivity contribution in [2.45, 2.75) is 185 Å². The summed E-state index contributed by atoms with van der Waals surface area (Å²) in [7, 11) is 0. The van der Waals surface area contributed by atoms with Crippen molar-refractivity contribution in [2.24, 2.45) is 28.6 Å². The Kier molecular flexibility index (Phi) is 16.2. The van der Waals surface area contributed by atoms with Gasteiger partial charge in [-0.15, -0.1) is 0 Å². The molecule has 18 heteroatoms. The van der Waals surface area contributed by atoms with Crippen molar-refractivity contribution >= 4 is 5.97 Å². The van der Waals surface area contributed by atoms with Crippen LogP contribution in [0.1, 0.15) is 111 Å². The molecule has 18 nitrogen and oxygen atoms in total. The standard InChI is InChI=1S/C48H73NO17/c1-25-29(62-42(58)37(63-33(54)21-15-20-32(52)53)35(27-16-11-9-12-17-27)49-43(59)66-44(3,4)5)23-48(60)40(64-41(57)28-18-13-10-14-19-28)38-46(8,39(56)36(55)34(25)45(48,6)7)30(51)22-31-47(38,24-61-31)65-26(2)50/h9-14,16-19,25,29-43,49,51-60H,15,20-24H2,1-8H3/t25?,29-,30?,31?,33?,34?,35-,36?,37+,38-,39?,40-,41?,42?,43?,46?,47-,48?/m0/s1. The van der Waals surface area contributed by atoms with Crippen molar-refractivity contribution < 1.29 is 84.3 Å². The van der Waals surface area contributed by atoms with Gasteiger partial charge in [-0.05, 0) is 51.5 Å². The zero-order chi connectivity index (χ0) is 48.7. The van der Waals surface area contributed by atoms with Crippen molar-refractivity contribution in [2.75, 3.05) is 6.61 Å². The Morgan fingerprint density at radius 2 is 1.50 bits per heavy atom. The first-order valence-corrected chi connectivity index (χ1v) is 22.9. The van der Waals surface area contributed by atoms with Crippen LogP contribution in [0.15, 0.2) is 60.7 Å². The molecule has 372 valence electrons. The van der Waals surface area contributed by atoms with Crippen LogP contribution in [-0.2, 0) is 33.2 Å². The predicted molar refractivity (Wildman–Crippen MR) is 234 cm³/mol. The fraction of sp³-hybridized carbons (Fsp3) is 0.729. The summed E-state index contributed by atoms with van der Waals surface area (Å²) in [6, 6.07) is 15.7. The van der Waals surface area contributed by atoms with Gasteiger partial charge in [0.05, 0.1) is 54.4 Å². The molecule has 12 unspecified atom stereocenters. The summed E-state index contributed by atoms with van der Waals surface area (Å²) in [5.41, 5.74) is -7.13. The molecule has 18 atom stereocenters. The number of carbonyl (C=O) groups is 1. The van der Waals surface area contributed by atoms with E-state index in [1.165, 1.54) is 6.92 Å². The highest BCUT2D eigenvalue weighted by Gasteiger charge is 2.78. The molecule has 4 aliphatic rings. The molecule has 3 saturated carbocycles. The number of aliphatic hydroxyl groups is 10. The fourth-order valence-electron chi connectivity index (χ4n) is 11.6. The second-order valence-corrected chi connectivity index (χ2v) is 20.6. The molecule has 0 spiro atoms. The van der Waals surface area contributed by atoms with Crippen molar-refractivity contribution in [3.05, 3.63) is 71.8 Å². The molecule has 1 saturated heterocycles. The van der Waals surface area contributed by atoms with Gasteiger partial charge in [-0.1, -0.05) is 88.4 Å². The summed E-state index contributed by atoms with van der Waals surface area (Å²) in [4.78, 5) is 13.0. The SMILES string of the molecule is CC(=O)O[C@@]12COC1CC(O)C1(C)C(O)C(O)C3C(C)[C@@H](OC(O)[C@H](OC(O)CCCC(O)O)[C@@H](NC(O)OC(C)(C)C)c4ccccc4)CC(O)([C@@H](OC(O)c4ccccc4)[C@@H]12)C3(C)C. The predicted octanol–water partition coefficient (Wildman–Crippen LogP) is 1.61. The van der Waals surface area contributed by atoms with Gasteiger partial charge in [-0.25, -0.2) is 0 Å². The Labute approximate surface area is 386 Å². The second kappa shape index (κ2) is 20.3. The third-order valence-electron chi connectivity index (χ3n) is 14.9. The first-order chi connectivity index (χ1) is 30.8. The largest absolute Gasteiger partial charge is 0.454 e. The van der Waals surface area contributed by atoms with E-state index >= 15 is 0 Å². The third-order valence-corrected chi connectivity index (χ3v) is 14.9. The minimum atomic E-state index is -2.21. The molecule has 2 aromatic carbocycles. The van der Waals surface area contributed by atoms with E-state index in [4.69, 9.17) is 28.4 Å². The normalized spacial score (nSPS) is 36.9. The van der Waals surface area contributed by atoms with Crippen molar-refractivity contribution in [1.29, 1.82) is 0 Å². The highest BCUT2D eigenvalue weighted by atomic mass is 16.7. The molecule has 66 heavy (non-hydrogen) atoms. The van der Waals surface area contributed by atoms with Crippen molar-refractivity contribution in [1.82, 2.24) is 5.32 Å². The quantitative estimate of drug-likeness (QED) is 0.0748. The number of benzene rings is 2. The number of aliphatic hydroxyl groups excluding tert-OH is 8. The van der Waals surface area contributed by atoms with E-state index < -0.39 is 132 Å². The summed E-state index contributed by atoms with van der Waals surface area (Å²) in [5, 5.41) is 120. The molecule has 0 radical (unpaired) electrons. The maximum absolute atomic E-state index is 13.8. The van der Waals surface area contributed by atoms with E-state index in [2.05, 4.69) is 5.32 Å². The maximum atomic E-state index is 13.8. The molecule has 4 fully saturated rings. The molecule has 2 bridgehead atoms. The van der Waals surface area contributed by atoms with E-state index in [-0.39, 0.29) is 38.7 Å². The van der Waals surface area contributed by atoms with Gasteiger partial charge in [-0.2, -0.15) is 0 Å². The second-order valence-electron chi connectivity index (χ2n) is 20.6. The Balaban J connectivity index is 1.48. The number of hydrogen-bond donors (Lipinski definition) is 11. The van der Waals surface area contributed by atoms with E-state index in [9.17, 15) is 55.9 Å². The molecule has 11 N–H and O–H groups in total. The number of esters is 1. The third kappa shape index (κ3) is 10.3. The van der Waals surface area contributed by atoms with Crippen LogP contribution in [-0.4, -0.2) is 148 Å². The first-order valence-electron chi connectivity index (χ1n) is 22.9. The van der Waals surface area contributed by atoms with Crippen molar-refractivity contribution in [3.63, 3.8) is 0 Å². The van der Waals surface area contributed by atoms with Gasteiger partial charge in [0.2, 0.25) is 6.41 Å². The molecule has 1 heterocycles. The monoisotopic (exact) mass is 935 g/mol. The number of hydrogen-bond acceptors (Lipinski definition) is 18. The minimum Gasteiger partial charge on any atom is -0.454 e. The minimum absolute atomic E-state index is 0.0863. The Morgan fingerprint density at radius 1 is 0.894 bits per heavy atom. The van der Waals surface area contributed by atoms with Crippen LogP contribution >= 0.6 is 0 Å². The summed E-state index contributed by atoms with van der Waals surface area (Å²) in [6.07, 6.45) is -19.4. The average Bonchev–Trinajstić information content (AvgIpc) is 3.23. The summed E-state index contributed by atoms with van der Waals surface area (Å²) >= 11 is 0. The number of ether oxygens (including phenoxy) is 6. The van der Waals surface area contributed by atoms with Crippen LogP contribution in [0.3, 0.4) is 0 Å². The number of nitrogens with one attached hydrogen (secondary N) is 1. The van der Waals surface area contributed by atoms with Gasteiger partial charge in [-0.3, -0.25) is 10.1 Å². The van der Waals surface area contributed by atoms with Gasteiger partial charge in [0.15, 0.2) is 30.8 Å². The lowest BCUT2D eigenvalue weighted by Gasteiger charge is -2.71. The lowest BCUT2D eigenvalue weighted by molar-refractivity contribution is -0.397. The fourth-order valence-corrected chi connectivity index (χ4v) is 11.6. The molecule has 1 aliphatic heterocycles. The highest BCUT2D eigenvalue weighted by molar-refractivity contribution is 5.67. The van der Waals surface area contributed by atoms with Crippen LogP contribution in [0.4, 0.5) is 0 Å².